The summed E-state index contributed by atoms with van der Waals surface area (Å²) < 4.78 is 33.2. The molecule has 7 nitrogen and oxygen atoms in total. The van der Waals surface area contributed by atoms with E-state index in [4.69, 9.17) is 4.42 Å². The Morgan fingerprint density at radius 1 is 1.29 bits per heavy atom. The van der Waals surface area contributed by atoms with E-state index in [1.54, 1.807) is 6.07 Å². The number of rotatable bonds is 3. The largest absolute Gasteiger partial charge is 0.419 e. The number of sulfonamides is 1. The van der Waals surface area contributed by atoms with Crippen molar-refractivity contribution in [2.24, 2.45) is 0 Å². The van der Waals surface area contributed by atoms with E-state index in [1.807, 2.05) is 6.92 Å². The van der Waals surface area contributed by atoms with Crippen molar-refractivity contribution in [1.82, 2.24) is 14.2 Å². The van der Waals surface area contributed by atoms with Crippen LogP contribution in [0.1, 0.15) is 6.92 Å². The van der Waals surface area contributed by atoms with Crippen LogP contribution in [0.25, 0.3) is 11.1 Å². The molecule has 1 fully saturated rings. The molecule has 1 aliphatic rings. The van der Waals surface area contributed by atoms with E-state index >= 15 is 0 Å². The van der Waals surface area contributed by atoms with Gasteiger partial charge >= 0.3 is 5.76 Å². The second-order valence-corrected chi connectivity index (χ2v) is 6.83. The van der Waals surface area contributed by atoms with Gasteiger partial charge < -0.3 is 9.73 Å². The lowest BCUT2D eigenvalue weighted by atomic mass is 10.3. The van der Waals surface area contributed by atoms with Crippen LogP contribution in [-0.4, -0.2) is 43.5 Å². The van der Waals surface area contributed by atoms with E-state index in [9.17, 15) is 13.2 Å². The highest BCUT2D eigenvalue weighted by molar-refractivity contribution is 7.89. The number of nitrogens with one attached hydrogen (secondary N) is 1. The maximum Gasteiger partial charge on any atom is 0.419 e. The van der Waals surface area contributed by atoms with Crippen LogP contribution in [0.5, 0.6) is 0 Å². The maximum atomic E-state index is 12.6. The third-order valence-corrected chi connectivity index (χ3v) is 5.56. The lowest BCUT2D eigenvalue weighted by Crippen LogP contribution is -2.46. The normalized spacial score (nSPS) is 17.4. The predicted molar refractivity (Wildman–Crippen MR) is 77.8 cm³/mol. The van der Waals surface area contributed by atoms with Crippen LogP contribution in [0.15, 0.2) is 32.3 Å². The number of benzene rings is 1. The first-order chi connectivity index (χ1) is 10.0. The number of fused-ring (bicyclic) bond motifs is 1. The number of aryl methyl sites for hydroxylation is 1. The van der Waals surface area contributed by atoms with Gasteiger partial charge in [0.25, 0.3) is 0 Å². The van der Waals surface area contributed by atoms with Crippen molar-refractivity contribution in [2.75, 3.05) is 26.2 Å². The lowest BCUT2D eigenvalue weighted by molar-refractivity contribution is 0.360. The molecule has 2 heterocycles. The van der Waals surface area contributed by atoms with Gasteiger partial charge in [0.05, 0.1) is 10.4 Å². The highest BCUT2D eigenvalue weighted by Gasteiger charge is 2.26. The third kappa shape index (κ3) is 2.39. The van der Waals surface area contributed by atoms with E-state index in [2.05, 4.69) is 5.32 Å². The van der Waals surface area contributed by atoms with Gasteiger partial charge in [0.1, 0.15) is 0 Å². The van der Waals surface area contributed by atoms with Gasteiger partial charge in [0, 0.05) is 38.8 Å². The monoisotopic (exact) mass is 311 g/mol. The molecule has 0 atom stereocenters. The zero-order valence-electron chi connectivity index (χ0n) is 11.7. The van der Waals surface area contributed by atoms with Gasteiger partial charge in [-0.3, -0.25) is 4.57 Å². The molecule has 0 unspecified atom stereocenters. The molecule has 3 rings (SSSR count). The molecule has 21 heavy (non-hydrogen) atoms. The van der Waals surface area contributed by atoms with Gasteiger partial charge in [-0.15, -0.1) is 0 Å². The summed E-state index contributed by atoms with van der Waals surface area (Å²) in [6.07, 6.45) is 0. The number of piperazine rings is 1. The fourth-order valence-corrected chi connectivity index (χ4v) is 4.00. The molecule has 0 radical (unpaired) electrons. The fraction of sp³-hybridized carbons (Fsp3) is 0.462. The molecule has 0 bridgehead atoms. The molecule has 0 spiro atoms. The summed E-state index contributed by atoms with van der Waals surface area (Å²) in [5.74, 6) is -0.468. The van der Waals surface area contributed by atoms with E-state index in [0.29, 0.717) is 43.8 Å². The topological polar surface area (TPSA) is 84.5 Å². The first kappa shape index (κ1) is 14.3. The Balaban J connectivity index is 2.06. The smallest absolute Gasteiger partial charge is 0.408 e. The van der Waals surface area contributed by atoms with Crippen molar-refractivity contribution in [3.05, 3.63) is 28.7 Å². The van der Waals surface area contributed by atoms with Crippen LogP contribution in [-0.2, 0) is 16.6 Å². The van der Waals surface area contributed by atoms with Crippen molar-refractivity contribution in [1.29, 1.82) is 0 Å². The van der Waals surface area contributed by atoms with Crippen molar-refractivity contribution in [2.45, 2.75) is 18.4 Å². The maximum absolute atomic E-state index is 12.6. The minimum absolute atomic E-state index is 0.161. The second kappa shape index (κ2) is 5.28. The van der Waals surface area contributed by atoms with E-state index in [1.165, 1.54) is 21.0 Å². The van der Waals surface area contributed by atoms with Crippen molar-refractivity contribution < 1.29 is 12.8 Å². The van der Waals surface area contributed by atoms with Crippen molar-refractivity contribution in [3.8, 4) is 0 Å². The summed E-state index contributed by atoms with van der Waals surface area (Å²) in [4.78, 5) is 11.8. The molecule has 8 heteroatoms. The Hall–Kier alpha value is -1.64. The van der Waals surface area contributed by atoms with Gasteiger partial charge in [-0.25, -0.2) is 13.2 Å². The Kier molecular flexibility index (Phi) is 3.60. The summed E-state index contributed by atoms with van der Waals surface area (Å²) in [5, 5.41) is 3.12. The van der Waals surface area contributed by atoms with Gasteiger partial charge in [-0.1, -0.05) is 0 Å². The summed E-state index contributed by atoms with van der Waals surface area (Å²) in [6.45, 7) is 4.49. The molecule has 1 saturated heterocycles. The molecule has 1 aromatic carbocycles. The quantitative estimate of drug-likeness (QED) is 0.876. The average molecular weight is 311 g/mol. The van der Waals surface area contributed by atoms with Crippen LogP contribution >= 0.6 is 0 Å². The van der Waals surface area contributed by atoms with Crippen LogP contribution < -0.4 is 11.1 Å². The van der Waals surface area contributed by atoms with Crippen LogP contribution in [0, 0.1) is 0 Å². The summed E-state index contributed by atoms with van der Waals surface area (Å²) in [7, 11) is -3.54. The molecular weight excluding hydrogens is 294 g/mol. The molecule has 0 amide bonds. The van der Waals surface area contributed by atoms with Gasteiger partial charge in [0.2, 0.25) is 10.0 Å². The molecular formula is C13H17N3O4S. The molecule has 0 saturated carbocycles. The lowest BCUT2D eigenvalue weighted by Gasteiger charge is -2.26. The van der Waals surface area contributed by atoms with E-state index < -0.39 is 15.8 Å². The Labute approximate surface area is 122 Å². The first-order valence-corrected chi connectivity index (χ1v) is 8.32. The predicted octanol–water partition coefficient (Wildman–Crippen LogP) is 0.208. The number of hydrogen-bond acceptors (Lipinski definition) is 5. The summed E-state index contributed by atoms with van der Waals surface area (Å²) in [5.41, 5.74) is 0.917. The first-order valence-electron chi connectivity index (χ1n) is 6.88. The zero-order chi connectivity index (χ0) is 15.0. The fourth-order valence-electron chi connectivity index (χ4n) is 2.54. The molecule has 1 aliphatic heterocycles. The van der Waals surface area contributed by atoms with Crippen LogP contribution in [0.3, 0.4) is 0 Å². The number of oxazole rings is 1. The minimum Gasteiger partial charge on any atom is -0.408 e. The number of hydrogen-bond donors (Lipinski definition) is 1. The van der Waals surface area contributed by atoms with E-state index in [0.717, 1.165) is 0 Å². The van der Waals surface area contributed by atoms with Gasteiger partial charge in [-0.05, 0) is 19.1 Å². The minimum atomic E-state index is -3.54. The third-order valence-electron chi connectivity index (χ3n) is 3.67. The molecule has 0 aliphatic carbocycles. The van der Waals surface area contributed by atoms with Crippen molar-refractivity contribution >= 4 is 21.1 Å². The SMILES string of the molecule is CCn1c(=O)oc2cc(S(=O)(=O)N3CCNCC3)ccc21. The summed E-state index contributed by atoms with van der Waals surface area (Å²) in [6, 6.07) is 4.58. The molecule has 1 N–H and O–H groups in total. The molecule has 1 aromatic heterocycles. The highest BCUT2D eigenvalue weighted by Crippen LogP contribution is 2.21. The Morgan fingerprint density at radius 3 is 2.67 bits per heavy atom. The Bertz CT molecular complexity index is 816. The van der Waals surface area contributed by atoms with Crippen molar-refractivity contribution in [3.63, 3.8) is 0 Å². The number of nitrogens with zero attached hydrogens (tertiary/aromatic N) is 2. The second-order valence-electron chi connectivity index (χ2n) is 4.90. The molecule has 114 valence electrons. The Morgan fingerprint density at radius 2 is 2.00 bits per heavy atom. The summed E-state index contributed by atoms with van der Waals surface area (Å²) >= 11 is 0. The van der Waals surface area contributed by atoms with Gasteiger partial charge in [-0.2, -0.15) is 4.31 Å². The molecule has 2 aromatic rings. The standard InChI is InChI=1S/C13H17N3O4S/c1-2-16-11-4-3-10(9-12(11)20-13(16)17)21(18,19)15-7-5-14-6-8-15/h3-4,9,14H,2,5-8H2,1H3. The average Bonchev–Trinajstić information content (AvgIpc) is 2.82. The zero-order valence-corrected chi connectivity index (χ0v) is 12.5. The number of aromatic nitrogens is 1. The van der Waals surface area contributed by atoms with Crippen LogP contribution in [0.4, 0.5) is 0 Å². The highest BCUT2D eigenvalue weighted by atomic mass is 32.2. The van der Waals surface area contributed by atoms with E-state index in [-0.39, 0.29) is 4.90 Å². The van der Waals surface area contributed by atoms with Gasteiger partial charge in [0.15, 0.2) is 5.58 Å². The van der Waals surface area contributed by atoms with Crippen LogP contribution in [0.2, 0.25) is 0 Å².